The maximum atomic E-state index is 13.0. The summed E-state index contributed by atoms with van der Waals surface area (Å²) in [6.45, 7) is 2.51. The number of anilines is 2. The Morgan fingerprint density at radius 3 is 2.42 bits per heavy atom. The Kier molecular flexibility index (Phi) is 8.94. The number of nitrogens with zero attached hydrogens (tertiary/aromatic N) is 1. The molecule has 4 N–H and O–H groups in total. The number of ether oxygens (including phenoxy) is 1. The Morgan fingerprint density at radius 1 is 1.08 bits per heavy atom. The zero-order valence-corrected chi connectivity index (χ0v) is 21.8. The molecule has 2 amide bonds. The second kappa shape index (κ2) is 12.5. The number of hydrogen-bond donors (Lipinski definition) is 3. The van der Waals surface area contributed by atoms with Crippen molar-refractivity contribution in [1.82, 2.24) is 4.90 Å². The van der Waals surface area contributed by atoms with Crippen LogP contribution in [-0.4, -0.2) is 41.6 Å². The molecule has 3 atom stereocenters. The number of fused-ring (bicyclic) bond motifs is 1. The van der Waals surface area contributed by atoms with Crippen LogP contribution in [0.4, 0.5) is 11.4 Å². The minimum absolute atomic E-state index is 0.00262. The minimum atomic E-state index is -0.213. The molecule has 38 heavy (non-hydrogen) atoms. The van der Waals surface area contributed by atoms with Gasteiger partial charge in [-0.05, 0) is 59.5 Å². The molecule has 1 aliphatic rings. The molecule has 7 heteroatoms. The van der Waals surface area contributed by atoms with Crippen LogP contribution in [0.5, 0.6) is 0 Å². The average Bonchev–Trinajstić information content (AvgIpc) is 2.93. The van der Waals surface area contributed by atoms with Crippen LogP contribution in [0.25, 0.3) is 0 Å². The van der Waals surface area contributed by atoms with E-state index in [4.69, 9.17) is 10.5 Å². The Bertz CT molecular complexity index is 1270. The molecule has 0 unspecified atom stereocenters. The van der Waals surface area contributed by atoms with E-state index in [0.717, 1.165) is 11.1 Å². The van der Waals surface area contributed by atoms with Gasteiger partial charge in [-0.1, -0.05) is 55.5 Å². The summed E-state index contributed by atoms with van der Waals surface area (Å²) in [5.41, 5.74) is 10.8. The summed E-state index contributed by atoms with van der Waals surface area (Å²) in [7, 11) is 1.66. The number of nitrogens with two attached hydrogens (primary N) is 1. The van der Waals surface area contributed by atoms with Crippen LogP contribution in [0.3, 0.4) is 0 Å². The van der Waals surface area contributed by atoms with Crippen molar-refractivity contribution in [3.63, 3.8) is 0 Å². The summed E-state index contributed by atoms with van der Waals surface area (Å²) in [6, 6.07) is 22.2. The Hall–Kier alpha value is -3.94. The first-order chi connectivity index (χ1) is 18.4. The number of methoxy groups -OCH3 is 1. The van der Waals surface area contributed by atoms with E-state index >= 15 is 0 Å². The summed E-state index contributed by atoms with van der Waals surface area (Å²) in [5, 5.41) is 12.7. The molecule has 198 valence electrons. The van der Waals surface area contributed by atoms with Crippen LogP contribution in [0.2, 0.25) is 0 Å². The molecule has 0 aromatic heterocycles. The third-order valence-electron chi connectivity index (χ3n) is 7.02. The number of aliphatic hydroxyl groups excluding tert-OH is 1. The lowest BCUT2D eigenvalue weighted by molar-refractivity contribution is -0.134. The Morgan fingerprint density at radius 2 is 1.76 bits per heavy atom. The van der Waals surface area contributed by atoms with Gasteiger partial charge in [-0.25, -0.2) is 0 Å². The van der Waals surface area contributed by atoms with Crippen LogP contribution < -0.4 is 11.1 Å². The number of nitrogens with one attached hydrogen (secondary N) is 1. The molecule has 0 aliphatic carbocycles. The van der Waals surface area contributed by atoms with Gasteiger partial charge in [-0.2, -0.15) is 0 Å². The van der Waals surface area contributed by atoms with Crippen molar-refractivity contribution in [2.75, 3.05) is 24.8 Å². The summed E-state index contributed by atoms with van der Waals surface area (Å²) in [4.78, 5) is 27.3. The molecule has 0 saturated carbocycles. The van der Waals surface area contributed by atoms with Crippen molar-refractivity contribution in [3.8, 4) is 0 Å². The van der Waals surface area contributed by atoms with Gasteiger partial charge in [0.15, 0.2) is 0 Å². The average molecular weight is 514 g/mol. The van der Waals surface area contributed by atoms with Gasteiger partial charge in [-0.3, -0.25) is 9.59 Å². The number of rotatable bonds is 9. The fourth-order valence-electron chi connectivity index (χ4n) is 4.89. The van der Waals surface area contributed by atoms with Gasteiger partial charge in [0, 0.05) is 42.9 Å². The predicted molar refractivity (Wildman–Crippen MR) is 149 cm³/mol. The van der Waals surface area contributed by atoms with Gasteiger partial charge in [-0.15, -0.1) is 0 Å². The van der Waals surface area contributed by atoms with Gasteiger partial charge >= 0.3 is 0 Å². The van der Waals surface area contributed by atoms with Crippen molar-refractivity contribution >= 4 is 23.2 Å². The molecule has 4 rings (SSSR count). The molecular formula is C31H35N3O4. The number of hydrogen-bond acceptors (Lipinski definition) is 5. The highest BCUT2D eigenvalue weighted by Crippen LogP contribution is 2.28. The van der Waals surface area contributed by atoms with E-state index in [-0.39, 0.29) is 42.9 Å². The number of amides is 2. The SMILES string of the molecule is CO[C@@H](c1ccc(NC(=O)c2ccc(N)cc2)cc1)[C@@H](C)/C=C/CC(=O)N1Cc2ccccc2C[C@H]1CO. The standard InChI is InChI=1S/C31H35N3O4/c1-21(6-5-9-29(36)34-19-25-8-4-3-7-24(25)18-28(34)20-35)30(38-2)22-12-16-27(17-13-22)33-31(37)23-10-14-26(32)15-11-23/h3-8,10-17,21,28,30,35H,9,18-20,32H2,1-2H3,(H,33,37)/b6-5+/t21-,28-,30+/m0/s1. The van der Waals surface area contributed by atoms with Gasteiger partial charge < -0.3 is 25.8 Å². The van der Waals surface area contributed by atoms with E-state index in [1.807, 2.05) is 61.5 Å². The van der Waals surface area contributed by atoms with E-state index in [1.54, 1.807) is 36.3 Å². The number of nitrogen functional groups attached to an aromatic ring is 1. The molecule has 0 radical (unpaired) electrons. The van der Waals surface area contributed by atoms with Gasteiger partial charge in [0.1, 0.15) is 0 Å². The lowest BCUT2D eigenvalue weighted by atomic mass is 9.93. The second-order valence-electron chi connectivity index (χ2n) is 9.68. The van der Waals surface area contributed by atoms with Gasteiger partial charge in [0.05, 0.1) is 18.8 Å². The van der Waals surface area contributed by atoms with Crippen molar-refractivity contribution in [2.45, 2.75) is 38.5 Å². The smallest absolute Gasteiger partial charge is 0.255 e. The predicted octanol–water partition coefficient (Wildman–Crippen LogP) is 4.74. The fraction of sp³-hybridized carbons (Fsp3) is 0.290. The molecule has 0 fully saturated rings. The van der Waals surface area contributed by atoms with E-state index in [9.17, 15) is 14.7 Å². The first-order valence-corrected chi connectivity index (χ1v) is 12.8. The van der Waals surface area contributed by atoms with Crippen LogP contribution in [0.1, 0.15) is 46.5 Å². The molecular weight excluding hydrogens is 478 g/mol. The molecule has 1 heterocycles. The molecule has 3 aromatic carbocycles. The largest absolute Gasteiger partial charge is 0.399 e. The highest BCUT2D eigenvalue weighted by molar-refractivity contribution is 6.04. The summed E-state index contributed by atoms with van der Waals surface area (Å²) in [6.07, 6.45) is 4.59. The highest BCUT2D eigenvalue weighted by Gasteiger charge is 2.28. The zero-order valence-electron chi connectivity index (χ0n) is 21.8. The van der Waals surface area contributed by atoms with Crippen molar-refractivity contribution < 1.29 is 19.4 Å². The molecule has 0 bridgehead atoms. The third-order valence-corrected chi connectivity index (χ3v) is 7.02. The lowest BCUT2D eigenvalue weighted by Gasteiger charge is -2.36. The summed E-state index contributed by atoms with van der Waals surface area (Å²) in [5.74, 6) is -0.196. The monoisotopic (exact) mass is 513 g/mol. The van der Waals surface area contributed by atoms with Crippen LogP contribution >= 0.6 is 0 Å². The van der Waals surface area contributed by atoms with Crippen LogP contribution in [-0.2, 0) is 22.5 Å². The maximum absolute atomic E-state index is 13.0. The highest BCUT2D eigenvalue weighted by atomic mass is 16.5. The van der Waals surface area contributed by atoms with Crippen molar-refractivity contribution in [1.29, 1.82) is 0 Å². The topological polar surface area (TPSA) is 105 Å². The molecule has 1 aliphatic heterocycles. The molecule has 7 nitrogen and oxygen atoms in total. The lowest BCUT2D eigenvalue weighted by Crippen LogP contribution is -2.46. The quantitative estimate of drug-likeness (QED) is 0.283. The van der Waals surface area contributed by atoms with E-state index in [0.29, 0.717) is 29.9 Å². The van der Waals surface area contributed by atoms with E-state index in [2.05, 4.69) is 11.4 Å². The zero-order chi connectivity index (χ0) is 27.1. The maximum Gasteiger partial charge on any atom is 0.255 e. The van der Waals surface area contributed by atoms with Gasteiger partial charge in [0.2, 0.25) is 5.91 Å². The number of carbonyl (C=O) groups is 2. The molecule has 3 aromatic rings. The first-order valence-electron chi connectivity index (χ1n) is 12.8. The Balaban J connectivity index is 1.34. The number of carbonyl (C=O) groups excluding carboxylic acids is 2. The van der Waals surface area contributed by atoms with E-state index < -0.39 is 0 Å². The number of aliphatic hydroxyl groups is 1. The summed E-state index contributed by atoms with van der Waals surface area (Å²) >= 11 is 0. The second-order valence-corrected chi connectivity index (χ2v) is 9.68. The summed E-state index contributed by atoms with van der Waals surface area (Å²) < 4.78 is 5.77. The first kappa shape index (κ1) is 27.1. The Labute approximate surface area is 223 Å². The van der Waals surface area contributed by atoms with Crippen LogP contribution in [0, 0.1) is 5.92 Å². The normalized spacial score (nSPS) is 16.6. The third kappa shape index (κ3) is 6.49. The van der Waals surface area contributed by atoms with Crippen molar-refractivity contribution in [3.05, 3.63) is 107 Å². The number of benzene rings is 3. The van der Waals surface area contributed by atoms with Crippen molar-refractivity contribution in [2.24, 2.45) is 5.92 Å². The fourth-order valence-corrected chi connectivity index (χ4v) is 4.89. The van der Waals surface area contributed by atoms with Gasteiger partial charge in [0.25, 0.3) is 5.91 Å². The minimum Gasteiger partial charge on any atom is -0.399 e. The molecule has 0 spiro atoms. The van der Waals surface area contributed by atoms with E-state index in [1.165, 1.54) is 5.56 Å². The van der Waals surface area contributed by atoms with Crippen LogP contribution in [0.15, 0.2) is 84.9 Å². The molecule has 0 saturated heterocycles.